The number of hydrogen-bond acceptors (Lipinski definition) is 5. The molecule has 150 valence electrons. The minimum Gasteiger partial charge on any atom is -0.490 e. The molecule has 1 N–H and O–H groups in total. The van der Waals surface area contributed by atoms with Crippen LogP contribution in [0.25, 0.3) is 0 Å². The van der Waals surface area contributed by atoms with Crippen LogP contribution in [0.5, 0.6) is 23.0 Å². The number of amides is 1. The normalized spacial score (nSPS) is 12.5. The number of rotatable bonds is 9. The molecule has 0 bridgehead atoms. The summed E-state index contributed by atoms with van der Waals surface area (Å²) in [6, 6.07) is 13.3. The second-order valence-electron chi connectivity index (χ2n) is 7.07. The van der Waals surface area contributed by atoms with Gasteiger partial charge in [-0.25, -0.2) is 0 Å². The van der Waals surface area contributed by atoms with Gasteiger partial charge in [-0.3, -0.25) is 4.79 Å². The van der Waals surface area contributed by atoms with Crippen LogP contribution < -0.4 is 24.3 Å². The molecule has 1 aliphatic rings. The molecule has 0 aliphatic carbocycles. The number of carbonyl (C=O) groups excluding carboxylic acids is 1. The molecule has 0 saturated heterocycles. The van der Waals surface area contributed by atoms with Crippen molar-refractivity contribution in [3.8, 4) is 23.0 Å². The maximum atomic E-state index is 12.4. The van der Waals surface area contributed by atoms with Gasteiger partial charge >= 0.3 is 0 Å². The minimum atomic E-state index is -0.513. The highest BCUT2D eigenvalue weighted by molar-refractivity contribution is 5.77. The van der Waals surface area contributed by atoms with E-state index in [1.165, 1.54) is 0 Å². The Hall–Kier alpha value is -2.89. The largest absolute Gasteiger partial charge is 0.490 e. The third kappa shape index (κ3) is 4.88. The van der Waals surface area contributed by atoms with Crippen molar-refractivity contribution in [3.05, 3.63) is 48.0 Å². The summed E-state index contributed by atoms with van der Waals surface area (Å²) in [4.78, 5) is 12.4. The van der Waals surface area contributed by atoms with E-state index in [9.17, 15) is 4.79 Å². The van der Waals surface area contributed by atoms with Crippen LogP contribution in [0.4, 0.5) is 0 Å². The Morgan fingerprint density at radius 1 is 1.07 bits per heavy atom. The van der Waals surface area contributed by atoms with Crippen LogP contribution in [0.3, 0.4) is 0 Å². The van der Waals surface area contributed by atoms with Crippen LogP contribution in [0, 0.1) is 0 Å². The highest BCUT2D eigenvalue weighted by Crippen LogP contribution is 2.35. The highest BCUT2D eigenvalue weighted by Gasteiger charge is 2.25. The molecule has 2 aromatic rings. The van der Waals surface area contributed by atoms with Gasteiger partial charge in [-0.1, -0.05) is 18.2 Å². The lowest BCUT2D eigenvalue weighted by Crippen LogP contribution is -2.41. The molecule has 1 aliphatic heterocycles. The van der Waals surface area contributed by atoms with Crippen LogP contribution in [0.15, 0.2) is 42.5 Å². The van der Waals surface area contributed by atoms with Gasteiger partial charge in [0.25, 0.3) is 0 Å². The molecule has 0 unspecified atom stereocenters. The van der Waals surface area contributed by atoms with Crippen molar-refractivity contribution < 1.29 is 23.7 Å². The summed E-state index contributed by atoms with van der Waals surface area (Å²) >= 11 is 0. The van der Waals surface area contributed by atoms with Gasteiger partial charge in [0.2, 0.25) is 12.7 Å². The third-order valence-electron chi connectivity index (χ3n) is 4.50. The van der Waals surface area contributed by atoms with E-state index >= 15 is 0 Å². The van der Waals surface area contributed by atoms with Gasteiger partial charge in [0, 0.05) is 6.42 Å². The molecular weight excluding hydrogens is 358 g/mol. The van der Waals surface area contributed by atoms with E-state index in [2.05, 4.69) is 5.32 Å². The SMILES string of the molecule is CCOc1ccccc1OCCCC(=O)NC(C)(C)c1ccc2c(c1)OCO2. The topological polar surface area (TPSA) is 66.0 Å². The number of benzene rings is 2. The smallest absolute Gasteiger partial charge is 0.231 e. The second kappa shape index (κ2) is 8.87. The summed E-state index contributed by atoms with van der Waals surface area (Å²) in [5.74, 6) is 2.84. The number of fused-ring (bicyclic) bond motifs is 1. The molecule has 0 fully saturated rings. The van der Waals surface area contributed by atoms with Gasteiger partial charge < -0.3 is 24.3 Å². The van der Waals surface area contributed by atoms with Gasteiger partial charge in [-0.15, -0.1) is 0 Å². The molecule has 6 heteroatoms. The average Bonchev–Trinajstić information content (AvgIpc) is 3.14. The fourth-order valence-corrected chi connectivity index (χ4v) is 3.03. The molecular formula is C22H27NO5. The van der Waals surface area contributed by atoms with Gasteiger partial charge in [-0.05, 0) is 57.0 Å². The van der Waals surface area contributed by atoms with Crippen LogP contribution in [-0.2, 0) is 10.3 Å². The van der Waals surface area contributed by atoms with Crippen molar-refractivity contribution in [2.75, 3.05) is 20.0 Å². The number of para-hydroxylation sites is 2. The standard InChI is InChI=1S/C22H27NO5/c1-4-25-17-8-5-6-9-18(17)26-13-7-10-21(24)23-22(2,3)16-11-12-19-20(14-16)28-15-27-19/h5-6,8-9,11-12,14H,4,7,10,13,15H2,1-3H3,(H,23,24). The van der Waals surface area contributed by atoms with Gasteiger partial charge in [-0.2, -0.15) is 0 Å². The Bertz CT molecular complexity index is 818. The van der Waals surface area contributed by atoms with Crippen LogP contribution in [0.2, 0.25) is 0 Å². The van der Waals surface area contributed by atoms with Crippen LogP contribution >= 0.6 is 0 Å². The first kappa shape index (κ1) is 19.9. The van der Waals surface area contributed by atoms with Crippen LogP contribution in [0.1, 0.15) is 39.2 Å². The number of nitrogens with one attached hydrogen (secondary N) is 1. The summed E-state index contributed by atoms with van der Waals surface area (Å²) in [5.41, 5.74) is 0.451. The van der Waals surface area contributed by atoms with E-state index in [0.29, 0.717) is 37.6 Å². The maximum Gasteiger partial charge on any atom is 0.231 e. The minimum absolute atomic E-state index is 0.0237. The van der Waals surface area contributed by atoms with Crippen LogP contribution in [-0.4, -0.2) is 25.9 Å². The Morgan fingerprint density at radius 2 is 1.79 bits per heavy atom. The van der Waals surface area contributed by atoms with E-state index in [1.807, 2.05) is 63.2 Å². The van der Waals surface area contributed by atoms with E-state index in [-0.39, 0.29) is 12.7 Å². The van der Waals surface area contributed by atoms with Crippen molar-refractivity contribution in [3.63, 3.8) is 0 Å². The lowest BCUT2D eigenvalue weighted by molar-refractivity contribution is -0.123. The molecule has 6 nitrogen and oxygen atoms in total. The quantitative estimate of drug-likeness (QED) is 0.661. The summed E-state index contributed by atoms with van der Waals surface area (Å²) in [5, 5.41) is 3.08. The molecule has 0 aromatic heterocycles. The first-order valence-electron chi connectivity index (χ1n) is 9.55. The first-order valence-corrected chi connectivity index (χ1v) is 9.55. The van der Waals surface area contributed by atoms with Crippen molar-refractivity contribution in [2.45, 2.75) is 39.2 Å². The predicted octanol–water partition coefficient (Wildman–Crippen LogP) is 4.02. The fraction of sp³-hybridized carbons (Fsp3) is 0.409. The maximum absolute atomic E-state index is 12.4. The third-order valence-corrected chi connectivity index (χ3v) is 4.50. The lowest BCUT2D eigenvalue weighted by Gasteiger charge is -2.27. The zero-order chi connectivity index (χ0) is 20.0. The van der Waals surface area contributed by atoms with E-state index in [1.54, 1.807) is 0 Å². The molecule has 3 rings (SSSR count). The lowest BCUT2D eigenvalue weighted by atomic mass is 9.93. The Balaban J connectivity index is 1.47. The van der Waals surface area contributed by atoms with Gasteiger partial charge in [0.05, 0.1) is 18.8 Å². The van der Waals surface area contributed by atoms with Crippen molar-refractivity contribution in [1.29, 1.82) is 0 Å². The van der Waals surface area contributed by atoms with E-state index in [0.717, 1.165) is 17.1 Å². The zero-order valence-electron chi connectivity index (χ0n) is 16.6. The molecule has 28 heavy (non-hydrogen) atoms. The Labute approximate surface area is 165 Å². The van der Waals surface area contributed by atoms with E-state index in [4.69, 9.17) is 18.9 Å². The summed E-state index contributed by atoms with van der Waals surface area (Å²) < 4.78 is 22.1. The molecule has 2 aromatic carbocycles. The Morgan fingerprint density at radius 3 is 2.54 bits per heavy atom. The predicted molar refractivity (Wildman–Crippen MR) is 106 cm³/mol. The summed E-state index contributed by atoms with van der Waals surface area (Å²) in [7, 11) is 0. The summed E-state index contributed by atoms with van der Waals surface area (Å²) in [6.07, 6.45) is 0.994. The first-order chi connectivity index (χ1) is 13.5. The molecule has 1 heterocycles. The van der Waals surface area contributed by atoms with Crippen molar-refractivity contribution in [2.24, 2.45) is 0 Å². The monoisotopic (exact) mass is 385 g/mol. The second-order valence-corrected chi connectivity index (χ2v) is 7.07. The molecule has 0 saturated carbocycles. The number of carbonyl (C=O) groups is 1. The fourth-order valence-electron chi connectivity index (χ4n) is 3.03. The highest BCUT2D eigenvalue weighted by atomic mass is 16.7. The molecule has 0 radical (unpaired) electrons. The molecule has 0 atom stereocenters. The molecule has 0 spiro atoms. The average molecular weight is 385 g/mol. The van der Waals surface area contributed by atoms with Crippen molar-refractivity contribution >= 4 is 5.91 Å². The summed E-state index contributed by atoms with van der Waals surface area (Å²) in [6.45, 7) is 7.13. The molecule has 1 amide bonds. The van der Waals surface area contributed by atoms with Gasteiger partial charge in [0.1, 0.15) is 0 Å². The van der Waals surface area contributed by atoms with Gasteiger partial charge in [0.15, 0.2) is 23.0 Å². The Kier molecular flexibility index (Phi) is 6.29. The zero-order valence-corrected chi connectivity index (χ0v) is 16.6. The number of ether oxygens (including phenoxy) is 4. The van der Waals surface area contributed by atoms with E-state index < -0.39 is 5.54 Å². The number of hydrogen-bond donors (Lipinski definition) is 1. The van der Waals surface area contributed by atoms with Crippen molar-refractivity contribution in [1.82, 2.24) is 5.32 Å².